The van der Waals surface area contributed by atoms with Crippen molar-refractivity contribution in [3.63, 3.8) is 0 Å². The highest BCUT2D eigenvalue weighted by Crippen LogP contribution is 2.39. The van der Waals surface area contributed by atoms with Gasteiger partial charge in [-0.05, 0) is 80.3 Å². The lowest BCUT2D eigenvalue weighted by molar-refractivity contribution is -0.134. The van der Waals surface area contributed by atoms with E-state index in [1.54, 1.807) is 49.4 Å². The van der Waals surface area contributed by atoms with Crippen molar-refractivity contribution in [3.8, 4) is 11.5 Å². The first-order valence-corrected chi connectivity index (χ1v) is 24.3. The Bertz CT molecular complexity index is 2290. The molecule has 17 heteroatoms. The third-order valence-electron chi connectivity index (χ3n) is 11.9. The lowest BCUT2D eigenvalue weighted by Crippen LogP contribution is -2.48. The molecule has 3 aromatic carbocycles. The second kappa shape index (κ2) is 22.3. The molecule has 16 nitrogen and oxygen atoms in total. The molecule has 2 saturated heterocycles. The molecule has 6 rings (SSSR count). The van der Waals surface area contributed by atoms with Crippen molar-refractivity contribution in [1.29, 1.82) is 0 Å². The number of sulfone groups is 1. The second-order valence-electron chi connectivity index (χ2n) is 16.7. The predicted molar refractivity (Wildman–Crippen MR) is 242 cm³/mol. The number of carbonyl (C=O) groups is 6. The topological polar surface area (TPSA) is 201 Å². The number of nitrogens with one attached hydrogen (secondary N) is 3. The molecular weight excluding hydrogens is 841 g/mol. The van der Waals surface area contributed by atoms with Crippen molar-refractivity contribution < 1.29 is 46.7 Å². The Balaban J connectivity index is 0.857. The number of nitrogens with zero attached hydrogens (tertiary/aromatic N) is 3. The maximum absolute atomic E-state index is 14.0. The molecule has 0 radical (unpaired) electrons. The third kappa shape index (κ3) is 12.8. The van der Waals surface area contributed by atoms with Gasteiger partial charge in [0.1, 0.15) is 9.84 Å². The summed E-state index contributed by atoms with van der Waals surface area (Å²) in [7, 11) is -2.19. The molecule has 0 aliphatic carbocycles. The van der Waals surface area contributed by atoms with E-state index in [0.29, 0.717) is 55.2 Å². The van der Waals surface area contributed by atoms with Crippen LogP contribution in [0.25, 0.3) is 0 Å². The van der Waals surface area contributed by atoms with E-state index in [1.165, 1.54) is 13.2 Å². The van der Waals surface area contributed by atoms with Crippen molar-refractivity contribution in [2.24, 2.45) is 0 Å². The number of ether oxygens (including phenoxy) is 2. The van der Waals surface area contributed by atoms with Gasteiger partial charge in [0.15, 0.2) is 11.5 Å². The minimum atomic E-state index is -3.67. The van der Waals surface area contributed by atoms with Gasteiger partial charge >= 0.3 is 0 Å². The Morgan fingerprint density at radius 3 is 2.17 bits per heavy atom. The Labute approximate surface area is 375 Å². The molecule has 3 N–H and O–H groups in total. The number of hydrogen-bond acceptors (Lipinski definition) is 12. The molecule has 2 atom stereocenters. The average Bonchev–Trinajstić information content (AvgIpc) is 3.51. The molecule has 2 fully saturated rings. The van der Waals surface area contributed by atoms with E-state index < -0.39 is 33.4 Å². The minimum Gasteiger partial charge on any atom is -0.493 e. The molecule has 0 spiro atoms. The summed E-state index contributed by atoms with van der Waals surface area (Å²) in [6.07, 6.45) is 9.05. The van der Waals surface area contributed by atoms with E-state index in [0.717, 1.165) is 88.0 Å². The minimum absolute atomic E-state index is 0.0386. The smallest absolute Gasteiger partial charge is 0.264 e. The SMILES string of the molecule is CCOc1cc([C@@H](CS(C)(=O)=O)N2C(=O)c3cccc(NC(=O)CCCCCCCCCN4CCN(CC(=O)Nc5ccc(C6CCC(=O)NC6=O)cc5)CC4)c3C2=O)ccc1OC. The molecule has 3 aliphatic heterocycles. The molecule has 344 valence electrons. The van der Waals surface area contributed by atoms with Gasteiger partial charge in [-0.2, -0.15) is 0 Å². The fourth-order valence-corrected chi connectivity index (χ4v) is 9.48. The summed E-state index contributed by atoms with van der Waals surface area (Å²) in [5.41, 5.74) is 2.24. The van der Waals surface area contributed by atoms with Crippen molar-refractivity contribution in [3.05, 3.63) is 82.9 Å². The van der Waals surface area contributed by atoms with Crippen molar-refractivity contribution in [2.45, 2.75) is 83.1 Å². The van der Waals surface area contributed by atoms with E-state index in [-0.39, 0.29) is 52.8 Å². The average molecular weight is 901 g/mol. The first-order chi connectivity index (χ1) is 30.7. The van der Waals surface area contributed by atoms with Crippen LogP contribution in [-0.4, -0.2) is 124 Å². The lowest BCUT2D eigenvalue weighted by Gasteiger charge is -2.34. The van der Waals surface area contributed by atoms with Crippen LogP contribution in [0.1, 0.15) is 115 Å². The van der Waals surface area contributed by atoms with E-state index in [1.807, 2.05) is 12.1 Å². The molecule has 0 saturated carbocycles. The fourth-order valence-electron chi connectivity index (χ4n) is 8.57. The van der Waals surface area contributed by atoms with Gasteiger partial charge < -0.3 is 25.0 Å². The first-order valence-electron chi connectivity index (χ1n) is 22.2. The van der Waals surface area contributed by atoms with E-state index in [9.17, 15) is 37.2 Å². The number of piperazine rings is 1. The summed E-state index contributed by atoms with van der Waals surface area (Å²) in [6, 6.07) is 15.6. The van der Waals surface area contributed by atoms with Crippen LogP contribution in [0.3, 0.4) is 0 Å². The van der Waals surface area contributed by atoms with Gasteiger partial charge in [0, 0.05) is 51.0 Å². The van der Waals surface area contributed by atoms with Gasteiger partial charge in [0.05, 0.1) is 54.8 Å². The highest BCUT2D eigenvalue weighted by atomic mass is 32.2. The molecule has 1 unspecified atom stereocenters. The van der Waals surface area contributed by atoms with Crippen LogP contribution in [0.5, 0.6) is 11.5 Å². The molecule has 3 aromatic rings. The van der Waals surface area contributed by atoms with Crippen LogP contribution in [0.4, 0.5) is 11.4 Å². The maximum atomic E-state index is 14.0. The zero-order valence-electron chi connectivity index (χ0n) is 37.0. The molecular formula is C47H60N6O10S. The number of imide groups is 2. The van der Waals surface area contributed by atoms with Gasteiger partial charge in [0.25, 0.3) is 11.8 Å². The van der Waals surface area contributed by atoms with Crippen molar-refractivity contribution >= 4 is 56.7 Å². The lowest BCUT2D eigenvalue weighted by atomic mass is 9.90. The third-order valence-corrected chi connectivity index (χ3v) is 12.8. The Kier molecular flexibility index (Phi) is 16.7. The zero-order valence-corrected chi connectivity index (χ0v) is 37.8. The number of rotatable bonds is 22. The number of fused-ring (bicyclic) bond motifs is 1. The van der Waals surface area contributed by atoms with Crippen LogP contribution in [0, 0.1) is 0 Å². The molecule has 0 aromatic heterocycles. The van der Waals surface area contributed by atoms with Crippen LogP contribution in [0.2, 0.25) is 0 Å². The van der Waals surface area contributed by atoms with Crippen LogP contribution in [-0.2, 0) is 29.0 Å². The number of anilines is 2. The van der Waals surface area contributed by atoms with Crippen LogP contribution >= 0.6 is 0 Å². The van der Waals surface area contributed by atoms with Gasteiger partial charge in [-0.25, -0.2) is 8.42 Å². The van der Waals surface area contributed by atoms with Crippen molar-refractivity contribution in [2.75, 3.05) is 75.6 Å². The highest BCUT2D eigenvalue weighted by molar-refractivity contribution is 7.90. The van der Waals surface area contributed by atoms with Crippen LogP contribution in [0.15, 0.2) is 60.7 Å². The van der Waals surface area contributed by atoms with E-state index in [4.69, 9.17) is 9.47 Å². The number of unbranched alkanes of at least 4 members (excludes halogenated alkanes) is 6. The predicted octanol–water partition coefficient (Wildman–Crippen LogP) is 5.31. The second-order valence-corrected chi connectivity index (χ2v) is 18.9. The normalized spacial score (nSPS) is 17.5. The summed E-state index contributed by atoms with van der Waals surface area (Å²) >= 11 is 0. The van der Waals surface area contributed by atoms with E-state index >= 15 is 0 Å². The van der Waals surface area contributed by atoms with Gasteiger partial charge in [0.2, 0.25) is 23.6 Å². The monoisotopic (exact) mass is 900 g/mol. The molecule has 0 bridgehead atoms. The number of amides is 6. The summed E-state index contributed by atoms with van der Waals surface area (Å²) in [5, 5.41) is 8.16. The zero-order chi connectivity index (χ0) is 45.8. The summed E-state index contributed by atoms with van der Waals surface area (Å²) < 4.78 is 36.3. The highest BCUT2D eigenvalue weighted by Gasteiger charge is 2.43. The summed E-state index contributed by atoms with van der Waals surface area (Å²) in [4.78, 5) is 82.7. The number of carbonyl (C=O) groups excluding carboxylic acids is 6. The summed E-state index contributed by atoms with van der Waals surface area (Å²) in [5.74, 6) is -2.28. The summed E-state index contributed by atoms with van der Waals surface area (Å²) in [6.45, 7) is 6.91. The molecule has 64 heavy (non-hydrogen) atoms. The van der Waals surface area contributed by atoms with Crippen LogP contribution < -0.4 is 25.4 Å². The molecule has 3 heterocycles. The number of methoxy groups -OCH3 is 1. The van der Waals surface area contributed by atoms with E-state index in [2.05, 4.69) is 25.8 Å². The fraction of sp³-hybridized carbons (Fsp3) is 0.489. The quantitative estimate of drug-likeness (QED) is 0.0869. The Morgan fingerprint density at radius 2 is 1.50 bits per heavy atom. The van der Waals surface area contributed by atoms with Crippen molar-refractivity contribution in [1.82, 2.24) is 20.0 Å². The Morgan fingerprint density at radius 1 is 0.812 bits per heavy atom. The van der Waals surface area contributed by atoms with Gasteiger partial charge in [-0.3, -0.25) is 43.9 Å². The van der Waals surface area contributed by atoms with Gasteiger partial charge in [-0.15, -0.1) is 0 Å². The molecule has 3 aliphatic rings. The number of benzene rings is 3. The Hall–Kier alpha value is -5.65. The first kappa shape index (κ1) is 47.8. The largest absolute Gasteiger partial charge is 0.493 e. The number of hydrogen-bond donors (Lipinski definition) is 3. The van der Waals surface area contributed by atoms with Gasteiger partial charge in [-0.1, -0.05) is 56.4 Å². The standard InChI is InChI=1S/C47H60N6O10S/c1-4-63-40-29-33(18-22-39(40)62-2)38(31-64(3,60)61)53-46(58)36-13-12-14-37(44(36)47(53)59)49-41(54)15-10-8-6-5-7-9-11-24-51-25-27-52(28-26-51)30-43(56)48-34-19-16-32(17-20-34)35-21-23-42(55)50-45(35)57/h12-14,16-20,22,29,35,38H,4-11,15,21,23-28,30-31H2,1-3H3,(H,48,56)(H,49,54)(H,50,55,57)/t35?,38-/m1/s1. The molecule has 6 amide bonds. The maximum Gasteiger partial charge on any atom is 0.264 e. The number of piperidine rings is 1.